The van der Waals surface area contributed by atoms with Crippen LogP contribution in [0.4, 0.5) is 0 Å². The Balaban J connectivity index is 1.28. The van der Waals surface area contributed by atoms with E-state index in [1.165, 1.54) is 38.5 Å². The van der Waals surface area contributed by atoms with Crippen molar-refractivity contribution in [2.24, 2.45) is 45.8 Å². The zero-order chi connectivity index (χ0) is 27.7. The molecule has 5 aliphatic carbocycles. The number of carbonyl (C=O) groups excluding carboxylic acids is 4. The van der Waals surface area contributed by atoms with Crippen LogP contribution in [0.2, 0.25) is 0 Å². The fourth-order valence-electron chi connectivity index (χ4n) is 8.43. The smallest absolute Gasteiger partial charge is 0.311 e. The van der Waals surface area contributed by atoms with Gasteiger partial charge in [0.25, 0.3) is 0 Å². The van der Waals surface area contributed by atoms with Crippen LogP contribution in [0.25, 0.3) is 0 Å². The van der Waals surface area contributed by atoms with E-state index in [2.05, 4.69) is 13.8 Å². The summed E-state index contributed by atoms with van der Waals surface area (Å²) < 4.78 is 10.7. The average molecular weight is 531 g/mol. The summed E-state index contributed by atoms with van der Waals surface area (Å²) in [4.78, 5) is 52.0. The van der Waals surface area contributed by atoms with E-state index in [-0.39, 0.29) is 60.9 Å². The Bertz CT molecular complexity index is 880. The number of hydrogen-bond donors (Lipinski definition) is 0. The van der Waals surface area contributed by atoms with Crippen LogP contribution in [-0.4, -0.2) is 36.7 Å². The summed E-state index contributed by atoms with van der Waals surface area (Å²) in [7, 11) is 0. The highest BCUT2D eigenvalue weighted by molar-refractivity contribution is 5.92. The van der Waals surface area contributed by atoms with Gasteiger partial charge in [0.05, 0.1) is 11.3 Å². The molecule has 5 aliphatic rings. The van der Waals surface area contributed by atoms with E-state index in [0.717, 1.165) is 30.6 Å². The highest BCUT2D eigenvalue weighted by Gasteiger charge is 2.59. The molecule has 0 N–H and O–H groups in total. The molecule has 0 radical (unpaired) electrons. The summed E-state index contributed by atoms with van der Waals surface area (Å²) in [5, 5.41) is 0. The van der Waals surface area contributed by atoms with Gasteiger partial charge in [0.1, 0.15) is 24.8 Å². The van der Waals surface area contributed by atoms with Gasteiger partial charge in [-0.1, -0.05) is 33.6 Å². The molecule has 5 rings (SSSR count). The van der Waals surface area contributed by atoms with Crippen LogP contribution in [0.1, 0.15) is 118 Å². The molecule has 5 saturated carbocycles. The Hall–Kier alpha value is -1.72. The molecule has 2 atom stereocenters. The van der Waals surface area contributed by atoms with Gasteiger partial charge in [-0.05, 0) is 94.8 Å². The van der Waals surface area contributed by atoms with Crippen molar-refractivity contribution in [1.82, 2.24) is 0 Å². The normalized spacial score (nSPS) is 32.6. The lowest BCUT2D eigenvalue weighted by molar-refractivity contribution is -0.162. The third kappa shape index (κ3) is 5.89. The first-order chi connectivity index (χ1) is 17.9. The molecule has 0 spiro atoms. The first kappa shape index (κ1) is 29.3. The molecule has 6 heteroatoms. The maximum absolute atomic E-state index is 13.6. The van der Waals surface area contributed by atoms with E-state index in [9.17, 15) is 19.2 Å². The van der Waals surface area contributed by atoms with Gasteiger partial charge in [-0.15, -0.1) is 0 Å². The zero-order valence-corrected chi connectivity index (χ0v) is 24.4. The number of ether oxygens (including phenoxy) is 2. The predicted octanol–water partition coefficient (Wildman–Crippen LogP) is 6.48. The fraction of sp³-hybridized carbons (Fsp3) is 0.875. The number of rotatable bonds is 12. The Morgan fingerprint density at radius 2 is 1.29 bits per heavy atom. The van der Waals surface area contributed by atoms with Crippen LogP contribution in [0.15, 0.2) is 0 Å². The molecule has 0 heterocycles. The number of hydrogen-bond acceptors (Lipinski definition) is 6. The van der Waals surface area contributed by atoms with Crippen molar-refractivity contribution in [3.8, 4) is 0 Å². The molecule has 0 aromatic heterocycles. The third-order valence-electron chi connectivity index (χ3n) is 11.1. The number of esters is 2. The summed E-state index contributed by atoms with van der Waals surface area (Å²) in [5.41, 5.74) is -0.862. The van der Waals surface area contributed by atoms with Gasteiger partial charge in [-0.3, -0.25) is 19.2 Å². The van der Waals surface area contributed by atoms with Crippen molar-refractivity contribution < 1.29 is 28.7 Å². The van der Waals surface area contributed by atoms with E-state index in [4.69, 9.17) is 9.47 Å². The zero-order valence-electron chi connectivity index (χ0n) is 24.4. The van der Waals surface area contributed by atoms with E-state index in [1.54, 1.807) is 0 Å². The minimum atomic E-state index is -0.563. The molecule has 4 bridgehead atoms. The van der Waals surface area contributed by atoms with Crippen molar-refractivity contribution in [2.45, 2.75) is 118 Å². The van der Waals surface area contributed by atoms with Crippen LogP contribution in [0.3, 0.4) is 0 Å². The molecule has 0 aromatic rings. The second kappa shape index (κ2) is 11.4. The Morgan fingerprint density at radius 1 is 0.763 bits per heavy atom. The average Bonchev–Trinajstić information content (AvgIpc) is 2.88. The molecular formula is C32H50O6. The largest absolute Gasteiger partial charge is 0.462 e. The van der Waals surface area contributed by atoms with Gasteiger partial charge in [0.15, 0.2) is 0 Å². The standard InChI is InChI=1S/C32H50O6/c1-6-30(2,3)29(36)38-14-13-37-28(35)25-10-8-7-9-24(25)26(33)11-12-27(34)31(4,5)32-18-21-15-22(19-32)17-23(16-21)20-32/h21-25H,6-20H2,1-5H3. The van der Waals surface area contributed by atoms with Crippen molar-refractivity contribution in [1.29, 1.82) is 0 Å². The Labute approximate surface area is 229 Å². The Morgan fingerprint density at radius 3 is 1.84 bits per heavy atom. The van der Waals surface area contributed by atoms with Crippen LogP contribution in [0, 0.1) is 45.8 Å². The summed E-state index contributed by atoms with van der Waals surface area (Å²) in [6.07, 6.45) is 11.8. The van der Waals surface area contributed by atoms with Crippen molar-refractivity contribution in [3.63, 3.8) is 0 Å². The molecule has 0 aromatic carbocycles. The number of Topliss-reactive ketones (excluding diaryl/α,β-unsaturated/α-hetero) is 2. The van der Waals surface area contributed by atoms with E-state index in [1.807, 2.05) is 20.8 Å². The van der Waals surface area contributed by atoms with Gasteiger partial charge < -0.3 is 9.47 Å². The first-order valence-corrected chi connectivity index (χ1v) is 15.3. The van der Waals surface area contributed by atoms with Crippen LogP contribution in [-0.2, 0) is 28.7 Å². The monoisotopic (exact) mass is 530 g/mol. The topological polar surface area (TPSA) is 86.7 Å². The summed E-state index contributed by atoms with van der Waals surface area (Å²) in [6.45, 7) is 9.89. The van der Waals surface area contributed by atoms with E-state index in [0.29, 0.717) is 19.3 Å². The second-order valence-corrected chi connectivity index (χ2v) is 14.3. The fourth-order valence-corrected chi connectivity index (χ4v) is 8.43. The van der Waals surface area contributed by atoms with Gasteiger partial charge in [0, 0.05) is 24.2 Å². The molecular weight excluding hydrogens is 480 g/mol. The van der Waals surface area contributed by atoms with Crippen LogP contribution >= 0.6 is 0 Å². The second-order valence-electron chi connectivity index (χ2n) is 14.3. The molecule has 0 amide bonds. The quantitative estimate of drug-likeness (QED) is 0.212. The highest BCUT2D eigenvalue weighted by Crippen LogP contribution is 2.66. The van der Waals surface area contributed by atoms with Gasteiger partial charge in [-0.25, -0.2) is 0 Å². The maximum Gasteiger partial charge on any atom is 0.311 e. The van der Waals surface area contributed by atoms with Crippen LogP contribution < -0.4 is 0 Å². The van der Waals surface area contributed by atoms with Crippen molar-refractivity contribution >= 4 is 23.5 Å². The van der Waals surface area contributed by atoms with E-state index >= 15 is 0 Å². The first-order valence-electron chi connectivity index (χ1n) is 15.3. The third-order valence-corrected chi connectivity index (χ3v) is 11.1. The lowest BCUT2D eigenvalue weighted by Gasteiger charge is -2.62. The summed E-state index contributed by atoms with van der Waals surface area (Å²) in [6, 6.07) is 0. The summed E-state index contributed by atoms with van der Waals surface area (Å²) >= 11 is 0. The lowest BCUT2D eigenvalue weighted by Crippen LogP contribution is -2.55. The molecule has 0 saturated heterocycles. The number of carbonyl (C=O) groups is 4. The molecule has 6 nitrogen and oxygen atoms in total. The van der Waals surface area contributed by atoms with Crippen molar-refractivity contribution in [3.05, 3.63) is 0 Å². The maximum atomic E-state index is 13.6. The molecule has 214 valence electrons. The van der Waals surface area contributed by atoms with E-state index < -0.39 is 16.7 Å². The lowest BCUT2D eigenvalue weighted by atomic mass is 9.42. The minimum Gasteiger partial charge on any atom is -0.462 e. The number of ketones is 2. The van der Waals surface area contributed by atoms with Crippen molar-refractivity contribution in [2.75, 3.05) is 13.2 Å². The van der Waals surface area contributed by atoms with Gasteiger partial charge in [-0.2, -0.15) is 0 Å². The van der Waals surface area contributed by atoms with Gasteiger partial charge >= 0.3 is 11.9 Å². The van der Waals surface area contributed by atoms with Crippen LogP contribution in [0.5, 0.6) is 0 Å². The van der Waals surface area contributed by atoms with Gasteiger partial charge in [0.2, 0.25) is 0 Å². The molecule has 0 aliphatic heterocycles. The molecule has 2 unspecified atom stereocenters. The molecule has 5 fully saturated rings. The minimum absolute atomic E-state index is 0.000478. The SMILES string of the molecule is CCC(C)(C)C(=O)OCCOC(=O)C1CCCCC1C(=O)CCC(=O)C(C)(C)C12CC3CC(CC(C3)C1)C2. The highest BCUT2D eigenvalue weighted by atomic mass is 16.6. The molecule has 38 heavy (non-hydrogen) atoms. The Kier molecular flexibility index (Phi) is 8.79. The predicted molar refractivity (Wildman–Crippen MR) is 145 cm³/mol. The summed E-state index contributed by atoms with van der Waals surface area (Å²) in [5.74, 6) is 1.06.